The lowest BCUT2D eigenvalue weighted by atomic mass is 10.1. The Morgan fingerprint density at radius 3 is 2.65 bits per heavy atom. The third kappa shape index (κ3) is 3.17. The minimum atomic E-state index is -0.152. The van der Waals surface area contributed by atoms with Gasteiger partial charge >= 0.3 is 0 Å². The quantitative estimate of drug-likeness (QED) is 0.855. The summed E-state index contributed by atoms with van der Waals surface area (Å²) in [5.74, 6) is -0.152. The van der Waals surface area contributed by atoms with Crippen LogP contribution in [0, 0.1) is 5.82 Å². The fourth-order valence-corrected chi connectivity index (χ4v) is 2.23. The average molecular weight is 237 g/mol. The number of hydrogen-bond donors (Lipinski definition) is 1. The summed E-state index contributed by atoms with van der Waals surface area (Å²) < 4.78 is 13.3. The lowest BCUT2D eigenvalue weighted by molar-refractivity contribution is 0.233. The van der Waals surface area contributed by atoms with Crippen LogP contribution < -0.4 is 10.2 Å². The van der Waals surface area contributed by atoms with E-state index in [9.17, 15) is 4.39 Å². The number of nitrogens with one attached hydrogen (secondary N) is 1. The fourth-order valence-electron chi connectivity index (χ4n) is 2.23. The molecule has 0 unspecified atom stereocenters. The summed E-state index contributed by atoms with van der Waals surface area (Å²) in [5, 5.41) is 3.32. The van der Waals surface area contributed by atoms with Gasteiger partial charge in [-0.15, -0.1) is 0 Å². The Morgan fingerprint density at radius 2 is 2.00 bits per heavy atom. The van der Waals surface area contributed by atoms with Crippen molar-refractivity contribution in [1.82, 2.24) is 10.2 Å². The van der Waals surface area contributed by atoms with E-state index in [2.05, 4.69) is 10.2 Å². The van der Waals surface area contributed by atoms with Gasteiger partial charge in [0.2, 0.25) is 0 Å². The highest BCUT2D eigenvalue weighted by molar-refractivity contribution is 5.52. The predicted molar refractivity (Wildman–Crippen MR) is 68.9 cm³/mol. The maximum absolute atomic E-state index is 13.3. The lowest BCUT2D eigenvalue weighted by Gasteiger charge is -2.29. The summed E-state index contributed by atoms with van der Waals surface area (Å²) in [5.41, 5.74) is 2.17. The summed E-state index contributed by atoms with van der Waals surface area (Å²) in [4.78, 5) is 4.40. The van der Waals surface area contributed by atoms with Gasteiger partial charge in [-0.1, -0.05) is 0 Å². The Morgan fingerprint density at radius 1 is 1.29 bits per heavy atom. The first-order chi connectivity index (χ1) is 8.16. The van der Waals surface area contributed by atoms with E-state index in [0.29, 0.717) is 0 Å². The molecule has 0 bridgehead atoms. The molecule has 17 heavy (non-hydrogen) atoms. The van der Waals surface area contributed by atoms with E-state index in [1.807, 2.05) is 25.1 Å². The number of piperazine rings is 1. The second kappa shape index (κ2) is 5.47. The number of nitrogens with zero attached hydrogens (tertiary/aromatic N) is 2. The highest BCUT2D eigenvalue weighted by atomic mass is 19.1. The van der Waals surface area contributed by atoms with Crippen LogP contribution in [0.5, 0.6) is 0 Å². The van der Waals surface area contributed by atoms with Crippen molar-refractivity contribution in [2.45, 2.75) is 6.54 Å². The number of rotatable bonds is 3. The molecule has 0 amide bonds. The van der Waals surface area contributed by atoms with Crippen LogP contribution in [0.2, 0.25) is 0 Å². The molecule has 2 rings (SSSR count). The molecule has 1 aliphatic heterocycles. The Hall–Kier alpha value is -1.13. The molecule has 0 radical (unpaired) electrons. The van der Waals surface area contributed by atoms with Crippen molar-refractivity contribution in [1.29, 1.82) is 0 Å². The van der Waals surface area contributed by atoms with Crippen LogP contribution in [-0.4, -0.2) is 45.2 Å². The van der Waals surface area contributed by atoms with Crippen molar-refractivity contribution < 1.29 is 4.39 Å². The molecular formula is C13H20FN3. The van der Waals surface area contributed by atoms with E-state index in [-0.39, 0.29) is 5.82 Å². The van der Waals surface area contributed by atoms with Gasteiger partial charge in [0.15, 0.2) is 0 Å². The highest BCUT2D eigenvalue weighted by Gasteiger charge is 2.13. The van der Waals surface area contributed by atoms with Gasteiger partial charge in [-0.3, -0.25) is 4.90 Å². The lowest BCUT2D eigenvalue weighted by Crippen LogP contribution is -2.43. The Labute approximate surface area is 102 Å². The van der Waals surface area contributed by atoms with Gasteiger partial charge in [0.25, 0.3) is 0 Å². The Balaban J connectivity index is 2.14. The zero-order chi connectivity index (χ0) is 12.3. The first kappa shape index (κ1) is 12.3. The SMILES string of the molecule is CN(C)c1ccc(F)cc1CN1CCNCC1. The first-order valence-corrected chi connectivity index (χ1v) is 6.05. The normalized spacial score (nSPS) is 17.1. The molecule has 1 saturated heterocycles. The summed E-state index contributed by atoms with van der Waals surface area (Å²) in [6, 6.07) is 5.03. The van der Waals surface area contributed by atoms with E-state index in [1.54, 1.807) is 6.07 Å². The molecule has 94 valence electrons. The van der Waals surface area contributed by atoms with Crippen LogP contribution >= 0.6 is 0 Å². The van der Waals surface area contributed by atoms with Crippen molar-refractivity contribution in [3.8, 4) is 0 Å². The molecule has 1 N–H and O–H groups in total. The summed E-state index contributed by atoms with van der Waals surface area (Å²) >= 11 is 0. The molecule has 1 aromatic carbocycles. The maximum Gasteiger partial charge on any atom is 0.123 e. The first-order valence-electron chi connectivity index (χ1n) is 6.05. The topological polar surface area (TPSA) is 18.5 Å². The summed E-state index contributed by atoms with van der Waals surface area (Å²) in [6.07, 6.45) is 0. The van der Waals surface area contributed by atoms with Gasteiger partial charge < -0.3 is 10.2 Å². The van der Waals surface area contributed by atoms with E-state index < -0.39 is 0 Å². The average Bonchev–Trinajstić information content (AvgIpc) is 2.30. The molecular weight excluding hydrogens is 217 g/mol. The maximum atomic E-state index is 13.3. The monoisotopic (exact) mass is 237 g/mol. The predicted octanol–water partition coefficient (Wildman–Crippen LogP) is 1.30. The van der Waals surface area contributed by atoms with Crippen molar-refractivity contribution in [2.24, 2.45) is 0 Å². The Bertz CT molecular complexity index is 373. The largest absolute Gasteiger partial charge is 0.377 e. The van der Waals surface area contributed by atoms with Crippen molar-refractivity contribution in [2.75, 3.05) is 45.2 Å². The second-order valence-electron chi connectivity index (χ2n) is 4.69. The van der Waals surface area contributed by atoms with E-state index in [1.165, 1.54) is 6.07 Å². The van der Waals surface area contributed by atoms with Crippen LogP contribution in [-0.2, 0) is 6.54 Å². The summed E-state index contributed by atoms with van der Waals surface area (Å²) in [7, 11) is 3.99. The summed E-state index contributed by atoms with van der Waals surface area (Å²) in [6.45, 7) is 4.93. The van der Waals surface area contributed by atoms with Gasteiger partial charge in [0.05, 0.1) is 0 Å². The van der Waals surface area contributed by atoms with Gasteiger partial charge in [0, 0.05) is 52.5 Å². The van der Waals surface area contributed by atoms with Crippen LogP contribution in [0.25, 0.3) is 0 Å². The zero-order valence-corrected chi connectivity index (χ0v) is 10.5. The standard InChI is InChI=1S/C13H20FN3/c1-16(2)13-4-3-12(14)9-11(13)10-17-7-5-15-6-8-17/h3-4,9,15H,5-8,10H2,1-2H3. The van der Waals surface area contributed by atoms with Gasteiger partial charge in [0.1, 0.15) is 5.82 Å². The van der Waals surface area contributed by atoms with Gasteiger partial charge in [-0.05, 0) is 23.8 Å². The molecule has 4 heteroatoms. The van der Waals surface area contributed by atoms with Crippen LogP contribution in [0.1, 0.15) is 5.56 Å². The third-order valence-corrected chi connectivity index (χ3v) is 3.13. The van der Waals surface area contributed by atoms with Crippen LogP contribution in [0.3, 0.4) is 0 Å². The van der Waals surface area contributed by atoms with Crippen molar-refractivity contribution in [3.05, 3.63) is 29.6 Å². The molecule has 0 atom stereocenters. The van der Waals surface area contributed by atoms with Crippen molar-refractivity contribution >= 4 is 5.69 Å². The van der Waals surface area contributed by atoms with Crippen LogP contribution in [0.15, 0.2) is 18.2 Å². The minimum Gasteiger partial charge on any atom is -0.377 e. The van der Waals surface area contributed by atoms with E-state index in [4.69, 9.17) is 0 Å². The molecule has 1 fully saturated rings. The number of benzene rings is 1. The van der Waals surface area contributed by atoms with Gasteiger partial charge in [-0.25, -0.2) is 4.39 Å². The smallest absolute Gasteiger partial charge is 0.123 e. The molecule has 1 aromatic rings. The third-order valence-electron chi connectivity index (χ3n) is 3.13. The van der Waals surface area contributed by atoms with E-state index >= 15 is 0 Å². The molecule has 0 aromatic heterocycles. The fraction of sp³-hybridized carbons (Fsp3) is 0.538. The number of halogens is 1. The molecule has 0 spiro atoms. The minimum absolute atomic E-state index is 0.152. The second-order valence-corrected chi connectivity index (χ2v) is 4.69. The molecule has 0 saturated carbocycles. The number of anilines is 1. The van der Waals surface area contributed by atoms with Crippen LogP contribution in [0.4, 0.5) is 10.1 Å². The molecule has 1 aliphatic rings. The highest BCUT2D eigenvalue weighted by Crippen LogP contribution is 2.21. The molecule has 0 aliphatic carbocycles. The zero-order valence-electron chi connectivity index (χ0n) is 10.5. The molecule has 1 heterocycles. The van der Waals surface area contributed by atoms with Crippen molar-refractivity contribution in [3.63, 3.8) is 0 Å². The number of hydrogen-bond acceptors (Lipinski definition) is 3. The van der Waals surface area contributed by atoms with Gasteiger partial charge in [-0.2, -0.15) is 0 Å². The van der Waals surface area contributed by atoms with E-state index in [0.717, 1.165) is 44.0 Å². The molecule has 3 nitrogen and oxygen atoms in total. The Kier molecular flexibility index (Phi) is 3.97.